The first-order chi connectivity index (χ1) is 11.9. The number of para-hydroxylation sites is 1. The first-order valence-corrected chi connectivity index (χ1v) is 9.02. The van der Waals surface area contributed by atoms with Gasteiger partial charge >= 0.3 is 0 Å². The van der Waals surface area contributed by atoms with Gasteiger partial charge in [-0.1, -0.05) is 39.0 Å². The summed E-state index contributed by atoms with van der Waals surface area (Å²) in [5, 5.41) is 8.06. The Morgan fingerprint density at radius 1 is 1.24 bits per heavy atom. The van der Waals surface area contributed by atoms with Gasteiger partial charge < -0.3 is 10.2 Å². The number of benzene rings is 1. The highest BCUT2D eigenvalue weighted by Gasteiger charge is 2.31. The van der Waals surface area contributed by atoms with Crippen LogP contribution < -0.4 is 5.32 Å². The molecule has 5 nitrogen and oxygen atoms in total. The van der Waals surface area contributed by atoms with Crippen molar-refractivity contribution < 1.29 is 4.79 Å². The molecule has 0 bridgehead atoms. The van der Waals surface area contributed by atoms with E-state index in [1.165, 1.54) is 0 Å². The van der Waals surface area contributed by atoms with Gasteiger partial charge in [0.2, 0.25) is 0 Å². The topological polar surface area (TPSA) is 50.2 Å². The fourth-order valence-electron chi connectivity index (χ4n) is 3.36. The molecule has 25 heavy (non-hydrogen) atoms. The molecule has 2 aromatic rings. The van der Waals surface area contributed by atoms with E-state index in [1.54, 1.807) is 0 Å². The van der Waals surface area contributed by atoms with E-state index in [4.69, 9.17) is 5.10 Å². The van der Waals surface area contributed by atoms with Crippen LogP contribution in [0.1, 0.15) is 49.7 Å². The number of carbonyl (C=O) groups is 1. The molecule has 1 aromatic carbocycles. The van der Waals surface area contributed by atoms with Gasteiger partial charge in [-0.3, -0.25) is 4.79 Å². The molecular formula is C20H28N4O. The maximum atomic E-state index is 13.2. The molecule has 1 aromatic heterocycles. The average molecular weight is 340 g/mol. The third-order valence-corrected chi connectivity index (χ3v) is 4.79. The first-order valence-electron chi connectivity index (χ1n) is 9.02. The Kier molecular flexibility index (Phi) is 4.95. The van der Waals surface area contributed by atoms with Crippen LogP contribution in [0.4, 0.5) is 0 Å². The zero-order valence-corrected chi connectivity index (χ0v) is 15.6. The van der Waals surface area contributed by atoms with E-state index in [0.29, 0.717) is 11.6 Å². The van der Waals surface area contributed by atoms with E-state index in [0.717, 1.165) is 37.3 Å². The van der Waals surface area contributed by atoms with Crippen LogP contribution in [0.3, 0.4) is 0 Å². The summed E-state index contributed by atoms with van der Waals surface area (Å²) in [5.41, 5.74) is 2.35. The molecule has 5 heteroatoms. The van der Waals surface area contributed by atoms with Crippen LogP contribution in [-0.4, -0.2) is 46.8 Å². The summed E-state index contributed by atoms with van der Waals surface area (Å²) >= 11 is 0. The molecule has 1 N–H and O–H groups in total. The summed E-state index contributed by atoms with van der Waals surface area (Å²) in [4.78, 5) is 15.2. The van der Waals surface area contributed by atoms with Gasteiger partial charge in [0.05, 0.1) is 16.9 Å². The number of hydrogen-bond acceptors (Lipinski definition) is 3. The summed E-state index contributed by atoms with van der Waals surface area (Å²) in [6, 6.07) is 10.3. The summed E-state index contributed by atoms with van der Waals surface area (Å²) in [5.74, 6) is 0.0899. The van der Waals surface area contributed by atoms with Gasteiger partial charge in [0, 0.05) is 30.7 Å². The maximum absolute atomic E-state index is 13.2. The van der Waals surface area contributed by atoms with Crippen molar-refractivity contribution in [1.82, 2.24) is 20.0 Å². The molecule has 1 amide bonds. The van der Waals surface area contributed by atoms with Gasteiger partial charge in [0.15, 0.2) is 0 Å². The maximum Gasteiger partial charge on any atom is 0.257 e. The number of amides is 1. The van der Waals surface area contributed by atoms with E-state index in [2.05, 4.69) is 26.1 Å². The van der Waals surface area contributed by atoms with Crippen LogP contribution in [-0.2, 0) is 5.41 Å². The largest absolute Gasteiger partial charge is 0.337 e. The van der Waals surface area contributed by atoms with E-state index in [-0.39, 0.29) is 11.3 Å². The molecular weight excluding hydrogens is 312 g/mol. The third kappa shape index (κ3) is 3.76. The molecule has 0 saturated carbocycles. The quantitative estimate of drug-likeness (QED) is 0.934. The Labute approximate surface area is 150 Å². The Balaban J connectivity index is 1.96. The lowest BCUT2D eigenvalue weighted by Crippen LogP contribution is -2.47. The lowest BCUT2D eigenvalue weighted by molar-refractivity contribution is 0.0695. The number of likely N-dealkylation sites (N-methyl/N-ethyl adjacent to an activating group) is 1. The highest BCUT2D eigenvalue weighted by atomic mass is 16.2. The SMILES string of the molecule is CNC1CCCN(C(=O)c2cn(-c3ccccc3)nc2C(C)(C)C)C1. The van der Waals surface area contributed by atoms with Crippen LogP contribution in [0.25, 0.3) is 5.69 Å². The van der Waals surface area contributed by atoms with Gasteiger partial charge in [0.1, 0.15) is 0 Å². The van der Waals surface area contributed by atoms with E-state index >= 15 is 0 Å². The van der Waals surface area contributed by atoms with Crippen molar-refractivity contribution in [2.45, 2.75) is 45.1 Å². The second-order valence-electron chi connectivity index (χ2n) is 7.80. The number of carbonyl (C=O) groups excluding carboxylic acids is 1. The number of rotatable bonds is 3. The fourth-order valence-corrected chi connectivity index (χ4v) is 3.36. The van der Waals surface area contributed by atoms with Gasteiger partial charge in [-0.25, -0.2) is 4.68 Å². The first kappa shape index (κ1) is 17.7. The van der Waals surface area contributed by atoms with E-state index in [9.17, 15) is 4.79 Å². The van der Waals surface area contributed by atoms with Crippen LogP contribution in [0.2, 0.25) is 0 Å². The van der Waals surface area contributed by atoms with E-state index in [1.807, 2.05) is 53.2 Å². The van der Waals surface area contributed by atoms with Crippen molar-refractivity contribution in [1.29, 1.82) is 0 Å². The molecule has 1 unspecified atom stereocenters. The molecule has 134 valence electrons. The highest BCUT2D eigenvalue weighted by molar-refractivity contribution is 5.95. The number of hydrogen-bond donors (Lipinski definition) is 1. The van der Waals surface area contributed by atoms with E-state index < -0.39 is 0 Å². The Bertz CT molecular complexity index is 730. The van der Waals surface area contributed by atoms with Crippen LogP contribution in [0, 0.1) is 0 Å². The number of likely N-dealkylation sites (tertiary alicyclic amines) is 1. The second-order valence-corrected chi connectivity index (χ2v) is 7.80. The highest BCUT2D eigenvalue weighted by Crippen LogP contribution is 2.27. The fraction of sp³-hybridized carbons (Fsp3) is 0.500. The van der Waals surface area contributed by atoms with Crippen molar-refractivity contribution in [3.05, 3.63) is 47.8 Å². The van der Waals surface area contributed by atoms with Crippen molar-refractivity contribution >= 4 is 5.91 Å². The normalized spacial score (nSPS) is 18.4. The van der Waals surface area contributed by atoms with Crippen molar-refractivity contribution in [3.8, 4) is 5.69 Å². The van der Waals surface area contributed by atoms with Gasteiger partial charge in [0.25, 0.3) is 5.91 Å². The number of aromatic nitrogens is 2. The number of nitrogens with one attached hydrogen (secondary N) is 1. The lowest BCUT2D eigenvalue weighted by atomic mass is 9.89. The number of nitrogens with zero attached hydrogens (tertiary/aromatic N) is 3. The van der Waals surface area contributed by atoms with Crippen molar-refractivity contribution in [3.63, 3.8) is 0 Å². The van der Waals surface area contributed by atoms with Crippen LogP contribution >= 0.6 is 0 Å². The Hall–Kier alpha value is -2.14. The standard InChI is InChI=1S/C20H28N4O/c1-20(2,3)18-17(14-24(22-18)16-10-6-5-7-11-16)19(25)23-12-8-9-15(13-23)21-4/h5-7,10-11,14-15,21H,8-9,12-13H2,1-4H3. The molecule has 0 spiro atoms. The average Bonchev–Trinajstić information content (AvgIpc) is 3.08. The molecule has 1 saturated heterocycles. The zero-order chi connectivity index (χ0) is 18.0. The molecule has 2 heterocycles. The van der Waals surface area contributed by atoms with Gasteiger partial charge in [-0.2, -0.15) is 5.10 Å². The monoisotopic (exact) mass is 340 g/mol. The Morgan fingerprint density at radius 3 is 2.60 bits per heavy atom. The molecule has 1 fully saturated rings. The second kappa shape index (κ2) is 7.00. The predicted molar refractivity (Wildman–Crippen MR) is 100 cm³/mol. The number of piperidine rings is 1. The molecule has 1 atom stereocenters. The minimum absolute atomic E-state index is 0.0899. The smallest absolute Gasteiger partial charge is 0.257 e. The molecule has 0 aliphatic carbocycles. The van der Waals surface area contributed by atoms with Gasteiger partial charge in [-0.15, -0.1) is 0 Å². The summed E-state index contributed by atoms with van der Waals surface area (Å²) in [7, 11) is 1.96. The van der Waals surface area contributed by atoms with Gasteiger partial charge in [-0.05, 0) is 32.0 Å². The third-order valence-electron chi connectivity index (χ3n) is 4.79. The molecule has 1 aliphatic rings. The van der Waals surface area contributed by atoms with Crippen molar-refractivity contribution in [2.75, 3.05) is 20.1 Å². The zero-order valence-electron chi connectivity index (χ0n) is 15.6. The van der Waals surface area contributed by atoms with Crippen LogP contribution in [0.5, 0.6) is 0 Å². The minimum atomic E-state index is -0.191. The summed E-state index contributed by atoms with van der Waals surface area (Å²) in [6.07, 6.45) is 4.05. The molecule has 1 aliphatic heterocycles. The Morgan fingerprint density at radius 2 is 1.96 bits per heavy atom. The van der Waals surface area contributed by atoms with Crippen molar-refractivity contribution in [2.24, 2.45) is 0 Å². The summed E-state index contributed by atoms with van der Waals surface area (Å²) in [6.45, 7) is 7.89. The minimum Gasteiger partial charge on any atom is -0.337 e. The predicted octanol–water partition coefficient (Wildman–Crippen LogP) is 2.99. The molecule has 3 rings (SSSR count). The van der Waals surface area contributed by atoms with Crippen LogP contribution in [0.15, 0.2) is 36.5 Å². The summed E-state index contributed by atoms with van der Waals surface area (Å²) < 4.78 is 1.83. The lowest BCUT2D eigenvalue weighted by Gasteiger charge is -2.33. The molecule has 0 radical (unpaired) electrons.